The van der Waals surface area contributed by atoms with E-state index in [9.17, 15) is 20.4 Å². The zero-order valence-electron chi connectivity index (χ0n) is 19.8. The molecule has 4 heteroatoms. The second-order valence-electron chi connectivity index (χ2n) is 9.17. The normalized spacial score (nSPS) is 11.4. The zero-order valence-corrected chi connectivity index (χ0v) is 19.8. The lowest BCUT2D eigenvalue weighted by atomic mass is 9.82. The van der Waals surface area contributed by atoms with Crippen LogP contribution in [0, 0.1) is 0 Å². The van der Waals surface area contributed by atoms with E-state index < -0.39 is 5.92 Å². The summed E-state index contributed by atoms with van der Waals surface area (Å²) >= 11 is 0. The van der Waals surface area contributed by atoms with Crippen molar-refractivity contribution >= 4 is 21.5 Å². The van der Waals surface area contributed by atoms with E-state index in [-0.39, 0.29) is 23.0 Å². The van der Waals surface area contributed by atoms with Crippen LogP contribution in [0.2, 0.25) is 0 Å². The standard InChI is InChI=1S/C33H24O4/c34-29-10-4-8-25-23(29)16-18-27(32(25)36)31(22-14-12-21(13-15-22)20-6-2-1-3-7-20)28-19-17-24-26(33(28)37)9-5-11-30(24)35/h1-19,31,34-37H. The van der Waals surface area contributed by atoms with Gasteiger partial charge in [-0.05, 0) is 28.8 Å². The van der Waals surface area contributed by atoms with Crippen molar-refractivity contribution in [3.8, 4) is 34.1 Å². The molecule has 0 atom stereocenters. The summed E-state index contributed by atoms with van der Waals surface area (Å²) in [6.07, 6.45) is 0. The summed E-state index contributed by atoms with van der Waals surface area (Å²) in [5.41, 5.74) is 4.23. The molecule has 0 saturated heterocycles. The number of hydrogen-bond acceptors (Lipinski definition) is 4. The molecule has 4 N–H and O–H groups in total. The van der Waals surface area contributed by atoms with Gasteiger partial charge in [-0.25, -0.2) is 0 Å². The lowest BCUT2D eigenvalue weighted by molar-refractivity contribution is 0.463. The van der Waals surface area contributed by atoms with Gasteiger partial charge >= 0.3 is 0 Å². The molecule has 0 aliphatic rings. The van der Waals surface area contributed by atoms with E-state index in [1.807, 2.05) is 42.5 Å². The van der Waals surface area contributed by atoms with Gasteiger partial charge < -0.3 is 20.4 Å². The summed E-state index contributed by atoms with van der Waals surface area (Å²) in [5.74, 6) is -0.246. The Morgan fingerprint density at radius 1 is 0.378 bits per heavy atom. The first-order chi connectivity index (χ1) is 18.0. The first-order valence-electron chi connectivity index (χ1n) is 12.1. The van der Waals surface area contributed by atoms with Gasteiger partial charge in [-0.15, -0.1) is 0 Å². The van der Waals surface area contributed by atoms with Crippen molar-refractivity contribution in [2.75, 3.05) is 0 Å². The van der Waals surface area contributed by atoms with Gasteiger partial charge in [0.2, 0.25) is 0 Å². The Morgan fingerprint density at radius 2 is 0.865 bits per heavy atom. The quantitative estimate of drug-likeness (QED) is 0.194. The van der Waals surface area contributed by atoms with Crippen LogP contribution in [-0.4, -0.2) is 20.4 Å². The maximum absolute atomic E-state index is 11.4. The fraction of sp³-hybridized carbons (Fsp3) is 0.0303. The number of phenolic OH excluding ortho intramolecular Hbond substituents is 4. The fourth-order valence-corrected chi connectivity index (χ4v) is 5.18. The van der Waals surface area contributed by atoms with Crippen LogP contribution in [-0.2, 0) is 0 Å². The molecule has 180 valence electrons. The topological polar surface area (TPSA) is 80.9 Å². The van der Waals surface area contributed by atoms with Crippen molar-refractivity contribution in [1.29, 1.82) is 0 Å². The van der Waals surface area contributed by atoms with Crippen LogP contribution in [0.25, 0.3) is 32.7 Å². The Hall–Kier alpha value is -4.96. The third kappa shape index (κ3) is 3.80. The molecular weight excluding hydrogens is 460 g/mol. The van der Waals surface area contributed by atoms with Gasteiger partial charge in [0.05, 0.1) is 0 Å². The first kappa shape index (κ1) is 22.5. The van der Waals surface area contributed by atoms with Crippen LogP contribution < -0.4 is 0 Å². The summed E-state index contributed by atoms with van der Waals surface area (Å²) in [6.45, 7) is 0. The summed E-state index contributed by atoms with van der Waals surface area (Å²) in [5, 5.41) is 45.6. The summed E-state index contributed by atoms with van der Waals surface area (Å²) in [6, 6.07) is 35.4. The van der Waals surface area contributed by atoms with Crippen LogP contribution in [0.1, 0.15) is 22.6 Å². The molecule has 0 aromatic heterocycles. The van der Waals surface area contributed by atoms with E-state index in [4.69, 9.17) is 0 Å². The monoisotopic (exact) mass is 484 g/mol. The second-order valence-corrected chi connectivity index (χ2v) is 9.17. The van der Waals surface area contributed by atoms with Crippen molar-refractivity contribution in [3.63, 3.8) is 0 Å². The van der Waals surface area contributed by atoms with Gasteiger partial charge in [0, 0.05) is 38.6 Å². The van der Waals surface area contributed by atoms with E-state index in [0.29, 0.717) is 32.7 Å². The number of benzene rings is 6. The van der Waals surface area contributed by atoms with Gasteiger partial charge in [0.1, 0.15) is 23.0 Å². The fourth-order valence-electron chi connectivity index (χ4n) is 5.18. The van der Waals surface area contributed by atoms with Gasteiger partial charge in [-0.2, -0.15) is 0 Å². The van der Waals surface area contributed by atoms with E-state index in [0.717, 1.165) is 16.7 Å². The van der Waals surface area contributed by atoms with Crippen LogP contribution in [0.5, 0.6) is 23.0 Å². The third-order valence-corrected chi connectivity index (χ3v) is 7.06. The molecule has 0 bridgehead atoms. The lowest BCUT2D eigenvalue weighted by Gasteiger charge is -2.23. The average Bonchev–Trinajstić information content (AvgIpc) is 2.93. The highest BCUT2D eigenvalue weighted by atomic mass is 16.3. The smallest absolute Gasteiger partial charge is 0.127 e. The van der Waals surface area contributed by atoms with E-state index in [1.54, 1.807) is 60.7 Å². The number of phenols is 4. The predicted octanol–water partition coefficient (Wildman–Crippen LogP) is 7.66. The Kier molecular flexibility index (Phi) is 5.42. The van der Waals surface area contributed by atoms with E-state index >= 15 is 0 Å². The molecule has 6 aromatic rings. The number of rotatable bonds is 4. The first-order valence-corrected chi connectivity index (χ1v) is 12.1. The van der Waals surface area contributed by atoms with Crippen LogP contribution in [0.3, 0.4) is 0 Å². The molecule has 6 rings (SSSR count). The Labute approximate surface area is 214 Å². The van der Waals surface area contributed by atoms with E-state index in [2.05, 4.69) is 12.1 Å². The minimum atomic E-state index is -0.511. The number of fused-ring (bicyclic) bond motifs is 2. The predicted molar refractivity (Wildman–Crippen MR) is 147 cm³/mol. The highest BCUT2D eigenvalue weighted by molar-refractivity contribution is 5.96. The Morgan fingerprint density at radius 3 is 1.38 bits per heavy atom. The summed E-state index contributed by atoms with van der Waals surface area (Å²) < 4.78 is 0. The SMILES string of the molecule is Oc1cccc2c(O)c(C(c3ccc(-c4ccccc4)cc3)c3ccc4c(O)cccc4c3O)ccc12. The molecule has 0 heterocycles. The lowest BCUT2D eigenvalue weighted by Crippen LogP contribution is -2.05. The van der Waals surface area contributed by atoms with Gasteiger partial charge in [-0.3, -0.25) is 0 Å². The molecule has 0 aliphatic heterocycles. The van der Waals surface area contributed by atoms with Crippen LogP contribution >= 0.6 is 0 Å². The maximum atomic E-state index is 11.4. The zero-order chi connectivity index (χ0) is 25.5. The molecule has 0 saturated carbocycles. The Balaban J connectivity index is 1.58. The maximum Gasteiger partial charge on any atom is 0.127 e. The van der Waals surface area contributed by atoms with Crippen molar-refractivity contribution in [2.24, 2.45) is 0 Å². The number of aromatic hydroxyl groups is 4. The molecular formula is C33H24O4. The average molecular weight is 485 g/mol. The van der Waals surface area contributed by atoms with Crippen molar-refractivity contribution < 1.29 is 20.4 Å². The Bertz CT molecular complexity index is 1660. The highest BCUT2D eigenvalue weighted by Gasteiger charge is 2.25. The van der Waals surface area contributed by atoms with Crippen molar-refractivity contribution in [1.82, 2.24) is 0 Å². The van der Waals surface area contributed by atoms with Crippen LogP contribution in [0.4, 0.5) is 0 Å². The molecule has 0 unspecified atom stereocenters. The molecule has 4 nitrogen and oxygen atoms in total. The second kappa shape index (κ2) is 8.92. The van der Waals surface area contributed by atoms with Gasteiger partial charge in [0.25, 0.3) is 0 Å². The highest BCUT2D eigenvalue weighted by Crippen LogP contribution is 2.46. The molecule has 0 fully saturated rings. The minimum absolute atomic E-state index is 0.0425. The summed E-state index contributed by atoms with van der Waals surface area (Å²) in [4.78, 5) is 0. The van der Waals surface area contributed by atoms with Crippen LogP contribution in [0.15, 0.2) is 115 Å². The van der Waals surface area contributed by atoms with Gasteiger partial charge in [-0.1, -0.05) is 103 Å². The summed E-state index contributed by atoms with van der Waals surface area (Å²) in [7, 11) is 0. The molecule has 6 aromatic carbocycles. The number of hydrogen-bond donors (Lipinski definition) is 4. The molecule has 0 radical (unpaired) electrons. The van der Waals surface area contributed by atoms with Crippen molar-refractivity contribution in [2.45, 2.75) is 5.92 Å². The molecule has 0 aliphatic carbocycles. The largest absolute Gasteiger partial charge is 0.507 e. The molecule has 0 amide bonds. The minimum Gasteiger partial charge on any atom is -0.507 e. The van der Waals surface area contributed by atoms with E-state index in [1.165, 1.54) is 0 Å². The third-order valence-electron chi connectivity index (χ3n) is 7.06. The molecule has 37 heavy (non-hydrogen) atoms. The molecule has 0 spiro atoms. The van der Waals surface area contributed by atoms with Crippen molar-refractivity contribution in [3.05, 3.63) is 132 Å². The van der Waals surface area contributed by atoms with Gasteiger partial charge in [0.15, 0.2) is 0 Å².